The molecule has 4 heteroatoms. The van der Waals surface area contributed by atoms with Gasteiger partial charge in [-0.3, -0.25) is 0 Å². The summed E-state index contributed by atoms with van der Waals surface area (Å²) in [7, 11) is 0. The van der Waals surface area contributed by atoms with Gasteiger partial charge in [0.2, 0.25) is 5.95 Å². The van der Waals surface area contributed by atoms with Crippen LogP contribution in [0, 0.1) is 20.8 Å². The number of benzene rings is 1. The van der Waals surface area contributed by atoms with E-state index in [-0.39, 0.29) is 0 Å². The van der Waals surface area contributed by atoms with Crippen molar-refractivity contribution in [3.05, 3.63) is 41.1 Å². The number of nitrogens with zero attached hydrogens (tertiary/aromatic N) is 3. The molecule has 24 heavy (non-hydrogen) atoms. The molecule has 4 nitrogen and oxygen atoms in total. The van der Waals surface area contributed by atoms with Gasteiger partial charge in [0.25, 0.3) is 0 Å². The van der Waals surface area contributed by atoms with E-state index in [2.05, 4.69) is 55.0 Å². The summed E-state index contributed by atoms with van der Waals surface area (Å²) in [6.45, 7) is 9.75. The first-order chi connectivity index (χ1) is 11.6. The van der Waals surface area contributed by atoms with E-state index >= 15 is 0 Å². The molecule has 1 aromatic heterocycles. The number of hydrogen-bond acceptors (Lipinski definition) is 4. The van der Waals surface area contributed by atoms with Crippen molar-refractivity contribution in [1.82, 2.24) is 9.97 Å². The second kappa shape index (κ2) is 7.20. The number of piperidine rings is 1. The lowest BCUT2D eigenvalue weighted by molar-refractivity contribution is 0.447. The van der Waals surface area contributed by atoms with Crippen molar-refractivity contribution >= 4 is 17.5 Å². The molecule has 128 valence electrons. The van der Waals surface area contributed by atoms with Crippen LogP contribution < -0.4 is 10.2 Å². The molecule has 0 radical (unpaired) electrons. The van der Waals surface area contributed by atoms with E-state index < -0.39 is 0 Å². The molecule has 1 aromatic carbocycles. The number of hydrogen-bond donors (Lipinski definition) is 1. The van der Waals surface area contributed by atoms with Gasteiger partial charge in [0.05, 0.1) is 0 Å². The average molecular weight is 324 g/mol. The van der Waals surface area contributed by atoms with Crippen molar-refractivity contribution in [2.75, 3.05) is 16.8 Å². The smallest absolute Gasteiger partial charge is 0.229 e. The van der Waals surface area contributed by atoms with Crippen LogP contribution in [0.15, 0.2) is 24.4 Å². The van der Waals surface area contributed by atoms with Gasteiger partial charge in [-0.05, 0) is 63.6 Å². The Balaban J connectivity index is 1.86. The van der Waals surface area contributed by atoms with Crippen LogP contribution in [0.5, 0.6) is 0 Å². The Morgan fingerprint density at radius 2 is 1.92 bits per heavy atom. The molecular weight excluding hydrogens is 296 g/mol. The molecule has 2 aromatic rings. The van der Waals surface area contributed by atoms with Gasteiger partial charge in [-0.25, -0.2) is 4.98 Å². The van der Waals surface area contributed by atoms with Crippen LogP contribution in [0.25, 0.3) is 0 Å². The molecule has 3 rings (SSSR count). The number of nitrogens with one attached hydrogen (secondary N) is 1. The van der Waals surface area contributed by atoms with Crippen molar-refractivity contribution in [2.45, 2.75) is 59.4 Å². The third-order valence-corrected chi connectivity index (χ3v) is 4.95. The summed E-state index contributed by atoms with van der Waals surface area (Å²) < 4.78 is 0. The van der Waals surface area contributed by atoms with Gasteiger partial charge in [0, 0.05) is 24.5 Å². The van der Waals surface area contributed by atoms with Gasteiger partial charge in [0.15, 0.2) is 0 Å². The van der Waals surface area contributed by atoms with Crippen LogP contribution in [0.4, 0.5) is 17.5 Å². The minimum atomic E-state index is 0.601. The fraction of sp³-hybridized carbons (Fsp3) is 0.500. The van der Waals surface area contributed by atoms with Crippen molar-refractivity contribution in [2.24, 2.45) is 0 Å². The number of aromatic nitrogens is 2. The summed E-state index contributed by atoms with van der Waals surface area (Å²) in [5, 5.41) is 3.43. The molecule has 1 N–H and O–H groups in total. The quantitative estimate of drug-likeness (QED) is 0.867. The van der Waals surface area contributed by atoms with Gasteiger partial charge in [-0.2, -0.15) is 4.98 Å². The Labute approximate surface area is 145 Å². The molecule has 2 heterocycles. The zero-order chi connectivity index (χ0) is 17.1. The highest BCUT2D eigenvalue weighted by molar-refractivity contribution is 5.64. The predicted octanol–water partition coefficient (Wildman–Crippen LogP) is 4.91. The lowest BCUT2D eigenvalue weighted by atomic mass is 10.0. The van der Waals surface area contributed by atoms with E-state index in [1.54, 1.807) is 0 Å². The van der Waals surface area contributed by atoms with Crippen LogP contribution in [0.1, 0.15) is 49.3 Å². The number of aryl methyl sites for hydroxylation is 3. The van der Waals surface area contributed by atoms with Crippen molar-refractivity contribution in [1.29, 1.82) is 0 Å². The van der Waals surface area contributed by atoms with E-state index in [9.17, 15) is 0 Å². The summed E-state index contributed by atoms with van der Waals surface area (Å²) in [6, 6.07) is 7.02. The Bertz CT molecular complexity index is 688. The van der Waals surface area contributed by atoms with Crippen LogP contribution in [0.2, 0.25) is 0 Å². The predicted molar refractivity (Wildman–Crippen MR) is 101 cm³/mol. The van der Waals surface area contributed by atoms with Gasteiger partial charge in [-0.15, -0.1) is 0 Å². The first-order valence-corrected chi connectivity index (χ1v) is 9.03. The summed E-state index contributed by atoms with van der Waals surface area (Å²) >= 11 is 0. The molecule has 0 amide bonds. The van der Waals surface area contributed by atoms with Crippen molar-refractivity contribution in [3.8, 4) is 0 Å². The maximum atomic E-state index is 4.80. The van der Waals surface area contributed by atoms with Crippen LogP contribution >= 0.6 is 0 Å². The summed E-state index contributed by atoms with van der Waals surface area (Å²) in [5.41, 5.74) is 4.85. The highest BCUT2D eigenvalue weighted by Gasteiger charge is 2.22. The third kappa shape index (κ3) is 3.53. The zero-order valence-electron chi connectivity index (χ0n) is 15.3. The van der Waals surface area contributed by atoms with E-state index in [1.807, 2.05) is 12.3 Å². The van der Waals surface area contributed by atoms with Crippen LogP contribution in [-0.4, -0.2) is 22.6 Å². The molecule has 0 spiro atoms. The average Bonchev–Trinajstić information content (AvgIpc) is 2.58. The highest BCUT2D eigenvalue weighted by atomic mass is 15.2. The zero-order valence-corrected chi connectivity index (χ0v) is 15.3. The number of rotatable bonds is 4. The van der Waals surface area contributed by atoms with E-state index in [1.165, 1.54) is 42.4 Å². The summed E-state index contributed by atoms with van der Waals surface area (Å²) in [6.07, 6.45) is 6.87. The molecule has 1 saturated heterocycles. The molecule has 0 bridgehead atoms. The molecule has 1 fully saturated rings. The third-order valence-electron chi connectivity index (χ3n) is 4.95. The molecule has 1 unspecified atom stereocenters. The molecular formula is C20H28N4. The maximum Gasteiger partial charge on any atom is 0.229 e. The molecule has 0 saturated carbocycles. The van der Waals surface area contributed by atoms with Crippen LogP contribution in [0.3, 0.4) is 0 Å². The van der Waals surface area contributed by atoms with E-state index in [0.29, 0.717) is 12.0 Å². The van der Waals surface area contributed by atoms with Gasteiger partial charge >= 0.3 is 0 Å². The number of anilines is 3. The lowest BCUT2D eigenvalue weighted by Gasteiger charge is -2.36. The van der Waals surface area contributed by atoms with Gasteiger partial charge in [-0.1, -0.05) is 24.6 Å². The lowest BCUT2D eigenvalue weighted by Crippen LogP contribution is -2.39. The molecule has 1 aliphatic rings. The Hall–Kier alpha value is -2.10. The SMILES string of the molecule is CCC1CCCCN1c1ccnc(Nc2c(C)cc(C)cc2C)n1. The first kappa shape index (κ1) is 16.7. The normalized spacial score (nSPS) is 17.8. The van der Waals surface area contributed by atoms with E-state index in [0.717, 1.165) is 18.1 Å². The second-order valence-electron chi connectivity index (χ2n) is 6.89. The minimum absolute atomic E-state index is 0.601. The monoisotopic (exact) mass is 324 g/mol. The van der Waals surface area contributed by atoms with E-state index in [4.69, 9.17) is 4.98 Å². The summed E-state index contributed by atoms with van der Waals surface area (Å²) in [4.78, 5) is 11.7. The Morgan fingerprint density at radius 1 is 1.17 bits per heavy atom. The largest absolute Gasteiger partial charge is 0.353 e. The fourth-order valence-corrected chi connectivity index (χ4v) is 3.78. The topological polar surface area (TPSA) is 41.1 Å². The van der Waals surface area contributed by atoms with Gasteiger partial charge in [0.1, 0.15) is 5.82 Å². The Morgan fingerprint density at radius 3 is 2.62 bits per heavy atom. The van der Waals surface area contributed by atoms with Crippen molar-refractivity contribution in [3.63, 3.8) is 0 Å². The minimum Gasteiger partial charge on any atom is -0.353 e. The first-order valence-electron chi connectivity index (χ1n) is 9.03. The fourth-order valence-electron chi connectivity index (χ4n) is 3.78. The summed E-state index contributed by atoms with van der Waals surface area (Å²) in [5.74, 6) is 1.73. The second-order valence-corrected chi connectivity index (χ2v) is 6.89. The Kier molecular flexibility index (Phi) is 5.03. The van der Waals surface area contributed by atoms with Crippen molar-refractivity contribution < 1.29 is 0 Å². The molecule has 0 aliphatic carbocycles. The van der Waals surface area contributed by atoms with Gasteiger partial charge < -0.3 is 10.2 Å². The molecule has 1 aliphatic heterocycles. The highest BCUT2D eigenvalue weighted by Crippen LogP contribution is 2.28. The molecule has 1 atom stereocenters. The van der Waals surface area contributed by atoms with Crippen LogP contribution in [-0.2, 0) is 0 Å². The maximum absolute atomic E-state index is 4.80. The standard InChI is InChI=1S/C20H28N4/c1-5-17-8-6-7-11-24(17)18-9-10-21-20(22-18)23-19-15(3)12-14(2)13-16(19)4/h9-10,12-13,17H,5-8,11H2,1-4H3,(H,21,22,23).